The quantitative estimate of drug-likeness (QED) is 0.715. The number of rotatable bonds is 6. The molecule has 27 heavy (non-hydrogen) atoms. The van der Waals surface area contributed by atoms with E-state index in [2.05, 4.69) is 27.0 Å². The highest BCUT2D eigenvalue weighted by molar-refractivity contribution is 5.76. The summed E-state index contributed by atoms with van der Waals surface area (Å²) < 4.78 is 16.5. The number of ether oxygens (including phenoxy) is 3. The van der Waals surface area contributed by atoms with Crippen LogP contribution < -0.4 is 14.2 Å². The van der Waals surface area contributed by atoms with Crippen molar-refractivity contribution >= 4 is 11.0 Å². The average molecular weight is 367 g/mol. The molecule has 142 valence electrons. The van der Waals surface area contributed by atoms with E-state index < -0.39 is 0 Å². The summed E-state index contributed by atoms with van der Waals surface area (Å²) >= 11 is 0. The van der Waals surface area contributed by atoms with Gasteiger partial charge in [-0.1, -0.05) is 0 Å². The molecular weight excluding hydrogens is 342 g/mol. The van der Waals surface area contributed by atoms with Gasteiger partial charge in [0.15, 0.2) is 11.5 Å². The molecule has 0 aliphatic carbocycles. The second kappa shape index (κ2) is 7.48. The van der Waals surface area contributed by atoms with Crippen molar-refractivity contribution in [1.82, 2.24) is 14.9 Å². The van der Waals surface area contributed by atoms with Crippen LogP contribution in [0.25, 0.3) is 11.0 Å². The van der Waals surface area contributed by atoms with Crippen LogP contribution >= 0.6 is 0 Å². The van der Waals surface area contributed by atoms with Crippen LogP contribution in [0.3, 0.4) is 0 Å². The predicted molar refractivity (Wildman–Crippen MR) is 105 cm³/mol. The van der Waals surface area contributed by atoms with Crippen molar-refractivity contribution in [3.8, 4) is 17.2 Å². The molecule has 2 aromatic heterocycles. The molecule has 1 aliphatic heterocycles. The molecule has 0 saturated carbocycles. The van der Waals surface area contributed by atoms with Gasteiger partial charge >= 0.3 is 0 Å². The maximum absolute atomic E-state index is 5.61. The Bertz CT molecular complexity index is 905. The van der Waals surface area contributed by atoms with Gasteiger partial charge in [0.25, 0.3) is 0 Å². The van der Waals surface area contributed by atoms with Gasteiger partial charge < -0.3 is 19.2 Å². The summed E-state index contributed by atoms with van der Waals surface area (Å²) in [7, 11) is 4.98. The van der Waals surface area contributed by atoms with E-state index in [1.165, 1.54) is 12.1 Å². The average Bonchev–Trinajstić information content (AvgIpc) is 3.33. The fraction of sp³-hybridized carbons (Fsp3) is 0.381. The summed E-state index contributed by atoms with van der Waals surface area (Å²) in [5, 5.41) is 1.16. The first-order valence-corrected chi connectivity index (χ1v) is 9.20. The SMILES string of the molecule is COc1cc(OC)c(OC)cc1CN1CCC[C@@H]1c1cc2cccnc2[nH]1. The highest BCUT2D eigenvalue weighted by Crippen LogP contribution is 2.39. The van der Waals surface area contributed by atoms with E-state index in [9.17, 15) is 0 Å². The third-order valence-electron chi connectivity index (χ3n) is 5.30. The number of nitrogens with zero attached hydrogens (tertiary/aromatic N) is 2. The van der Waals surface area contributed by atoms with E-state index in [1.807, 2.05) is 24.4 Å². The number of pyridine rings is 1. The number of nitrogens with one attached hydrogen (secondary N) is 1. The molecule has 0 radical (unpaired) electrons. The van der Waals surface area contributed by atoms with Gasteiger partial charge in [-0.05, 0) is 43.7 Å². The van der Waals surface area contributed by atoms with E-state index in [0.29, 0.717) is 11.8 Å². The highest BCUT2D eigenvalue weighted by atomic mass is 16.5. The second-order valence-corrected chi connectivity index (χ2v) is 6.81. The van der Waals surface area contributed by atoms with Gasteiger partial charge in [0, 0.05) is 35.5 Å². The molecule has 3 aromatic rings. The van der Waals surface area contributed by atoms with Crippen LogP contribution in [0.4, 0.5) is 0 Å². The minimum Gasteiger partial charge on any atom is -0.496 e. The number of aromatic amines is 1. The molecule has 0 amide bonds. The van der Waals surface area contributed by atoms with Crippen molar-refractivity contribution in [2.24, 2.45) is 0 Å². The Labute approximate surface area is 159 Å². The second-order valence-electron chi connectivity index (χ2n) is 6.81. The van der Waals surface area contributed by atoms with Crippen molar-refractivity contribution in [2.75, 3.05) is 27.9 Å². The lowest BCUT2D eigenvalue weighted by Gasteiger charge is -2.25. The third kappa shape index (κ3) is 3.32. The monoisotopic (exact) mass is 367 g/mol. The van der Waals surface area contributed by atoms with Crippen LogP contribution in [0.1, 0.15) is 30.1 Å². The molecule has 0 bridgehead atoms. The van der Waals surface area contributed by atoms with Crippen LogP contribution in [-0.4, -0.2) is 42.7 Å². The standard InChI is InChI=1S/C21H25N3O3/c1-25-18-12-20(27-3)19(26-2)11-15(18)13-24-9-5-7-17(24)16-10-14-6-4-8-22-21(14)23-16/h4,6,8,10-12,17H,5,7,9,13H2,1-3H3,(H,22,23)/t17-/m1/s1. The summed E-state index contributed by atoms with van der Waals surface area (Å²) in [5.41, 5.74) is 3.26. The van der Waals surface area contributed by atoms with Gasteiger partial charge in [0.2, 0.25) is 0 Å². The molecule has 1 aromatic carbocycles. The fourth-order valence-corrected chi connectivity index (χ4v) is 3.96. The Kier molecular flexibility index (Phi) is 4.90. The first kappa shape index (κ1) is 17.7. The number of hydrogen-bond donors (Lipinski definition) is 1. The van der Waals surface area contributed by atoms with Crippen molar-refractivity contribution in [3.63, 3.8) is 0 Å². The topological polar surface area (TPSA) is 59.6 Å². The molecular formula is C21H25N3O3. The van der Waals surface area contributed by atoms with E-state index in [4.69, 9.17) is 14.2 Å². The summed E-state index contributed by atoms with van der Waals surface area (Å²) in [6.07, 6.45) is 4.12. The number of hydrogen-bond acceptors (Lipinski definition) is 5. The Morgan fingerprint density at radius 1 is 1.07 bits per heavy atom. The number of fused-ring (bicyclic) bond motifs is 1. The highest BCUT2D eigenvalue weighted by Gasteiger charge is 2.28. The Balaban J connectivity index is 1.63. The lowest BCUT2D eigenvalue weighted by atomic mass is 10.1. The smallest absolute Gasteiger partial charge is 0.164 e. The lowest BCUT2D eigenvalue weighted by Crippen LogP contribution is -2.23. The van der Waals surface area contributed by atoms with Crippen LogP contribution in [0.5, 0.6) is 17.2 Å². The van der Waals surface area contributed by atoms with Crippen molar-refractivity contribution in [3.05, 3.63) is 47.8 Å². The molecule has 0 unspecified atom stereocenters. The molecule has 6 nitrogen and oxygen atoms in total. The summed E-state index contributed by atoms with van der Waals surface area (Å²) in [6, 6.07) is 10.5. The van der Waals surface area contributed by atoms with Crippen LogP contribution in [0.2, 0.25) is 0 Å². The van der Waals surface area contributed by atoms with Crippen LogP contribution in [-0.2, 0) is 6.54 Å². The van der Waals surface area contributed by atoms with E-state index >= 15 is 0 Å². The van der Waals surface area contributed by atoms with Gasteiger partial charge in [-0.15, -0.1) is 0 Å². The van der Waals surface area contributed by atoms with Gasteiger partial charge in [0.05, 0.1) is 27.4 Å². The van der Waals surface area contributed by atoms with Crippen molar-refractivity contribution in [1.29, 1.82) is 0 Å². The zero-order chi connectivity index (χ0) is 18.8. The molecule has 1 saturated heterocycles. The van der Waals surface area contributed by atoms with Crippen molar-refractivity contribution < 1.29 is 14.2 Å². The zero-order valence-corrected chi connectivity index (χ0v) is 16.0. The van der Waals surface area contributed by atoms with Crippen LogP contribution in [0.15, 0.2) is 36.5 Å². The fourth-order valence-electron chi connectivity index (χ4n) is 3.96. The zero-order valence-electron chi connectivity index (χ0n) is 16.0. The third-order valence-corrected chi connectivity index (χ3v) is 5.30. The maximum atomic E-state index is 5.61. The normalized spacial score (nSPS) is 17.4. The number of aromatic nitrogens is 2. The van der Waals surface area contributed by atoms with Gasteiger partial charge in [-0.3, -0.25) is 4.90 Å². The molecule has 1 fully saturated rings. The Morgan fingerprint density at radius 3 is 2.59 bits per heavy atom. The predicted octanol–water partition coefficient (Wildman–Crippen LogP) is 3.93. The van der Waals surface area contributed by atoms with Gasteiger partial charge in [-0.25, -0.2) is 4.98 Å². The molecule has 1 N–H and O–H groups in total. The molecule has 1 atom stereocenters. The molecule has 0 spiro atoms. The number of methoxy groups -OCH3 is 3. The molecule has 3 heterocycles. The summed E-state index contributed by atoms with van der Waals surface area (Å²) in [4.78, 5) is 10.4. The summed E-state index contributed by atoms with van der Waals surface area (Å²) in [6.45, 7) is 1.84. The summed E-state index contributed by atoms with van der Waals surface area (Å²) in [5.74, 6) is 2.22. The van der Waals surface area contributed by atoms with Crippen molar-refractivity contribution in [2.45, 2.75) is 25.4 Å². The minimum absolute atomic E-state index is 0.344. The number of benzene rings is 1. The van der Waals surface area contributed by atoms with Gasteiger partial charge in [0.1, 0.15) is 11.4 Å². The molecule has 6 heteroatoms. The van der Waals surface area contributed by atoms with Gasteiger partial charge in [-0.2, -0.15) is 0 Å². The first-order chi connectivity index (χ1) is 13.2. The van der Waals surface area contributed by atoms with E-state index in [-0.39, 0.29) is 0 Å². The Hall–Kier alpha value is -2.73. The largest absolute Gasteiger partial charge is 0.496 e. The van der Waals surface area contributed by atoms with E-state index in [1.54, 1.807) is 21.3 Å². The minimum atomic E-state index is 0.344. The lowest BCUT2D eigenvalue weighted by molar-refractivity contribution is 0.240. The number of H-pyrrole nitrogens is 1. The number of likely N-dealkylation sites (tertiary alicyclic amines) is 1. The maximum Gasteiger partial charge on any atom is 0.164 e. The first-order valence-electron chi connectivity index (χ1n) is 9.20. The van der Waals surface area contributed by atoms with Crippen LogP contribution in [0, 0.1) is 0 Å². The van der Waals surface area contributed by atoms with E-state index in [0.717, 1.165) is 47.6 Å². The Morgan fingerprint density at radius 2 is 1.85 bits per heavy atom. The molecule has 4 rings (SSSR count). The molecule has 1 aliphatic rings.